The van der Waals surface area contributed by atoms with Crippen LogP contribution >= 0.6 is 0 Å². The first-order chi connectivity index (χ1) is 5.43. The summed E-state index contributed by atoms with van der Waals surface area (Å²) in [6.07, 6.45) is 3.57. The van der Waals surface area contributed by atoms with Gasteiger partial charge in [-0.3, -0.25) is 0 Å². The highest BCUT2D eigenvalue weighted by Gasteiger charge is 2.21. The number of nitrogens with two attached hydrogens (primary N) is 1. The second-order valence-electron chi connectivity index (χ2n) is 4.77. The van der Waals surface area contributed by atoms with Crippen LogP contribution in [0.2, 0.25) is 0 Å². The van der Waals surface area contributed by atoms with Gasteiger partial charge in [0.2, 0.25) is 0 Å². The van der Waals surface area contributed by atoms with E-state index in [4.69, 9.17) is 5.73 Å². The summed E-state index contributed by atoms with van der Waals surface area (Å²) in [5.74, 6) is 0.663. The minimum atomic E-state index is 0.380. The van der Waals surface area contributed by atoms with Crippen molar-refractivity contribution in [3.63, 3.8) is 0 Å². The molecule has 0 radical (unpaired) electrons. The van der Waals surface area contributed by atoms with Crippen LogP contribution in [0.5, 0.6) is 0 Å². The summed E-state index contributed by atoms with van der Waals surface area (Å²) in [7, 11) is 0. The van der Waals surface area contributed by atoms with Gasteiger partial charge in [-0.25, -0.2) is 0 Å². The molecule has 2 atom stereocenters. The third-order valence-corrected chi connectivity index (χ3v) is 3.12. The Morgan fingerprint density at radius 1 is 1.25 bits per heavy atom. The summed E-state index contributed by atoms with van der Waals surface area (Å²) in [6, 6.07) is 0.380. The van der Waals surface area contributed by atoms with Crippen LogP contribution in [0.25, 0.3) is 0 Å². The lowest BCUT2D eigenvalue weighted by atomic mass is 9.80. The highest BCUT2D eigenvalue weighted by molar-refractivity contribution is 4.77. The molecule has 0 aliphatic rings. The maximum atomic E-state index is 6.09. The minimum absolute atomic E-state index is 0.380. The summed E-state index contributed by atoms with van der Waals surface area (Å²) in [5, 5.41) is 0. The number of hydrogen-bond acceptors (Lipinski definition) is 1. The maximum Gasteiger partial charge on any atom is 0.00695 e. The van der Waals surface area contributed by atoms with Crippen molar-refractivity contribution in [1.29, 1.82) is 0 Å². The van der Waals surface area contributed by atoms with Crippen molar-refractivity contribution >= 4 is 0 Å². The fourth-order valence-corrected chi connectivity index (χ4v) is 1.29. The second-order valence-corrected chi connectivity index (χ2v) is 4.77. The van der Waals surface area contributed by atoms with E-state index in [0.29, 0.717) is 17.4 Å². The summed E-state index contributed by atoms with van der Waals surface area (Å²) in [5.41, 5.74) is 6.51. The van der Waals surface area contributed by atoms with E-state index in [9.17, 15) is 0 Å². The topological polar surface area (TPSA) is 26.0 Å². The highest BCUT2D eigenvalue weighted by atomic mass is 14.6. The van der Waals surface area contributed by atoms with Crippen molar-refractivity contribution in [2.75, 3.05) is 0 Å². The molecule has 0 saturated heterocycles. The average molecular weight is 171 g/mol. The van der Waals surface area contributed by atoms with Gasteiger partial charge in [-0.1, -0.05) is 47.5 Å². The quantitative estimate of drug-likeness (QED) is 0.675. The van der Waals surface area contributed by atoms with Crippen molar-refractivity contribution in [3.05, 3.63) is 0 Å². The smallest absolute Gasteiger partial charge is 0.00695 e. The molecular formula is C11H25N. The molecule has 74 valence electrons. The van der Waals surface area contributed by atoms with Crippen LogP contribution in [-0.4, -0.2) is 6.04 Å². The van der Waals surface area contributed by atoms with Gasteiger partial charge in [-0.15, -0.1) is 0 Å². The molecule has 2 N–H and O–H groups in total. The van der Waals surface area contributed by atoms with E-state index >= 15 is 0 Å². The second kappa shape index (κ2) is 4.86. The molecule has 2 unspecified atom stereocenters. The molecule has 0 aromatic rings. The van der Waals surface area contributed by atoms with Crippen LogP contribution in [0, 0.1) is 11.3 Å². The van der Waals surface area contributed by atoms with Crippen molar-refractivity contribution in [3.8, 4) is 0 Å². The Morgan fingerprint density at radius 3 is 2.08 bits per heavy atom. The molecule has 0 aromatic carbocycles. The molecule has 0 bridgehead atoms. The molecule has 12 heavy (non-hydrogen) atoms. The van der Waals surface area contributed by atoms with E-state index in [1.165, 1.54) is 12.8 Å². The lowest BCUT2D eigenvalue weighted by Crippen LogP contribution is -2.33. The van der Waals surface area contributed by atoms with Crippen LogP contribution in [0.3, 0.4) is 0 Å². The first kappa shape index (κ1) is 12.0. The fraction of sp³-hybridized carbons (Fsp3) is 1.00. The van der Waals surface area contributed by atoms with Gasteiger partial charge in [0.15, 0.2) is 0 Å². The van der Waals surface area contributed by atoms with E-state index < -0.39 is 0 Å². The van der Waals surface area contributed by atoms with Crippen LogP contribution in [-0.2, 0) is 0 Å². The van der Waals surface area contributed by atoms with Crippen LogP contribution in [0.15, 0.2) is 0 Å². The summed E-state index contributed by atoms with van der Waals surface area (Å²) < 4.78 is 0. The predicted molar refractivity (Wildman–Crippen MR) is 56.1 cm³/mol. The normalized spacial score (nSPS) is 17.5. The van der Waals surface area contributed by atoms with Gasteiger partial charge < -0.3 is 5.73 Å². The van der Waals surface area contributed by atoms with Crippen LogP contribution in [0.1, 0.15) is 53.9 Å². The summed E-state index contributed by atoms with van der Waals surface area (Å²) >= 11 is 0. The Balaban J connectivity index is 3.90. The first-order valence-electron chi connectivity index (χ1n) is 5.18. The standard InChI is InChI=1S/C11H25N/c1-6-9(3)10(12)8-11(4,5)7-2/h9-10H,6-8,12H2,1-5H3. The molecule has 0 amide bonds. The van der Waals surface area contributed by atoms with Gasteiger partial charge in [0.1, 0.15) is 0 Å². The van der Waals surface area contributed by atoms with Crippen molar-refractivity contribution < 1.29 is 0 Å². The zero-order valence-electron chi connectivity index (χ0n) is 9.35. The zero-order valence-corrected chi connectivity index (χ0v) is 9.35. The third-order valence-electron chi connectivity index (χ3n) is 3.12. The van der Waals surface area contributed by atoms with Gasteiger partial charge >= 0.3 is 0 Å². The molecule has 0 aliphatic carbocycles. The molecule has 0 fully saturated rings. The average Bonchev–Trinajstić information content (AvgIpc) is 2.02. The molecule has 0 aromatic heterocycles. The Morgan fingerprint density at radius 2 is 1.75 bits per heavy atom. The van der Waals surface area contributed by atoms with Gasteiger partial charge in [0.25, 0.3) is 0 Å². The Labute approximate surface area is 77.7 Å². The maximum absolute atomic E-state index is 6.09. The Bertz CT molecular complexity index is 118. The molecule has 0 spiro atoms. The lowest BCUT2D eigenvalue weighted by molar-refractivity contribution is 0.256. The van der Waals surface area contributed by atoms with Gasteiger partial charge in [-0.2, -0.15) is 0 Å². The molecule has 0 heterocycles. The number of hydrogen-bond donors (Lipinski definition) is 1. The van der Waals surface area contributed by atoms with E-state index in [2.05, 4.69) is 34.6 Å². The Kier molecular flexibility index (Phi) is 4.84. The minimum Gasteiger partial charge on any atom is -0.327 e. The van der Waals surface area contributed by atoms with Crippen LogP contribution in [0.4, 0.5) is 0 Å². The highest BCUT2D eigenvalue weighted by Crippen LogP contribution is 2.28. The fourth-order valence-electron chi connectivity index (χ4n) is 1.29. The zero-order chi connectivity index (χ0) is 9.78. The van der Waals surface area contributed by atoms with Gasteiger partial charge in [-0.05, 0) is 17.8 Å². The largest absolute Gasteiger partial charge is 0.327 e. The van der Waals surface area contributed by atoms with E-state index in [1.807, 2.05) is 0 Å². The predicted octanol–water partition coefficient (Wildman–Crippen LogP) is 3.19. The lowest BCUT2D eigenvalue weighted by Gasteiger charge is -2.29. The molecule has 0 aliphatic heterocycles. The SMILES string of the molecule is CCC(C)C(N)CC(C)(C)CC. The number of rotatable bonds is 5. The van der Waals surface area contributed by atoms with E-state index in [0.717, 1.165) is 6.42 Å². The van der Waals surface area contributed by atoms with E-state index in [1.54, 1.807) is 0 Å². The Hall–Kier alpha value is -0.0400. The van der Waals surface area contributed by atoms with Crippen molar-refractivity contribution in [1.82, 2.24) is 0 Å². The third kappa shape index (κ3) is 4.10. The first-order valence-corrected chi connectivity index (χ1v) is 5.18. The molecule has 0 rings (SSSR count). The monoisotopic (exact) mass is 171 g/mol. The van der Waals surface area contributed by atoms with Crippen molar-refractivity contribution in [2.24, 2.45) is 17.1 Å². The van der Waals surface area contributed by atoms with E-state index in [-0.39, 0.29) is 0 Å². The van der Waals surface area contributed by atoms with Crippen LogP contribution < -0.4 is 5.73 Å². The summed E-state index contributed by atoms with van der Waals surface area (Å²) in [4.78, 5) is 0. The molecule has 1 nitrogen and oxygen atoms in total. The van der Waals surface area contributed by atoms with Gasteiger partial charge in [0.05, 0.1) is 0 Å². The van der Waals surface area contributed by atoms with Gasteiger partial charge in [0, 0.05) is 6.04 Å². The molecule has 0 saturated carbocycles. The van der Waals surface area contributed by atoms with Crippen molar-refractivity contribution in [2.45, 2.75) is 59.9 Å². The summed E-state index contributed by atoms with van der Waals surface area (Å²) in [6.45, 7) is 11.3. The molecule has 1 heteroatoms. The molecular weight excluding hydrogens is 146 g/mol.